The van der Waals surface area contributed by atoms with Crippen molar-refractivity contribution in [2.75, 3.05) is 6.26 Å². The highest BCUT2D eigenvalue weighted by Crippen LogP contribution is 2.17. The van der Waals surface area contributed by atoms with Crippen LogP contribution < -0.4 is 5.56 Å². The lowest BCUT2D eigenvalue weighted by Gasteiger charge is -2.09. The van der Waals surface area contributed by atoms with E-state index in [1.54, 1.807) is 10.6 Å². The number of benzene rings is 1. The van der Waals surface area contributed by atoms with Crippen LogP contribution >= 0.6 is 34.4 Å². The van der Waals surface area contributed by atoms with Crippen LogP contribution in [-0.2, 0) is 6.54 Å². The van der Waals surface area contributed by atoms with Crippen LogP contribution in [-0.4, -0.2) is 15.8 Å². The summed E-state index contributed by atoms with van der Waals surface area (Å²) in [6, 6.07) is 5.71. The maximum atomic E-state index is 12.3. The monoisotopic (exact) mass is 358 g/mol. The number of fused-ring (bicyclic) bond motifs is 1. The van der Waals surface area contributed by atoms with Gasteiger partial charge in [-0.15, -0.1) is 6.58 Å². The Hall–Kier alpha value is -0.820. The Morgan fingerprint density at radius 1 is 1.59 bits per heavy atom. The van der Waals surface area contributed by atoms with Gasteiger partial charge in [-0.25, -0.2) is 4.98 Å². The molecule has 0 radical (unpaired) electrons. The minimum Gasteiger partial charge on any atom is -0.283 e. The highest BCUT2D eigenvalue weighted by atomic mass is 127. The molecule has 0 saturated heterocycles. The maximum Gasteiger partial charge on any atom is 0.262 e. The highest BCUT2D eigenvalue weighted by molar-refractivity contribution is 14.1. The SMILES string of the molecule is C=CCn1c(SC)nc2ccc(I)cc2c1=O. The number of nitrogens with zero attached hydrogens (tertiary/aromatic N) is 2. The average molecular weight is 358 g/mol. The fraction of sp³-hybridized carbons (Fsp3) is 0.167. The Morgan fingerprint density at radius 3 is 3.00 bits per heavy atom. The Kier molecular flexibility index (Phi) is 3.88. The summed E-state index contributed by atoms with van der Waals surface area (Å²) >= 11 is 3.67. The smallest absolute Gasteiger partial charge is 0.262 e. The van der Waals surface area contributed by atoms with Gasteiger partial charge < -0.3 is 0 Å². The lowest BCUT2D eigenvalue weighted by molar-refractivity contribution is 0.672. The third-order valence-electron chi connectivity index (χ3n) is 2.38. The fourth-order valence-corrected chi connectivity index (χ4v) is 2.68. The van der Waals surface area contributed by atoms with Crippen molar-refractivity contribution in [1.82, 2.24) is 9.55 Å². The number of rotatable bonds is 3. The molecule has 1 heterocycles. The molecular weight excluding hydrogens is 347 g/mol. The lowest BCUT2D eigenvalue weighted by atomic mass is 10.2. The second-order valence-corrected chi connectivity index (χ2v) is 5.48. The Bertz CT molecular complexity index is 636. The summed E-state index contributed by atoms with van der Waals surface area (Å²) < 4.78 is 2.69. The number of aromatic nitrogens is 2. The molecule has 88 valence electrons. The number of thioether (sulfide) groups is 1. The van der Waals surface area contributed by atoms with E-state index >= 15 is 0 Å². The minimum absolute atomic E-state index is 0.00207. The molecule has 2 rings (SSSR count). The molecule has 0 aliphatic heterocycles. The van der Waals surface area contributed by atoms with E-state index in [9.17, 15) is 4.79 Å². The molecule has 5 heteroatoms. The van der Waals surface area contributed by atoms with Crippen LogP contribution in [0.4, 0.5) is 0 Å². The van der Waals surface area contributed by atoms with Crippen LogP contribution in [0.2, 0.25) is 0 Å². The van der Waals surface area contributed by atoms with Crippen LogP contribution in [0, 0.1) is 3.57 Å². The van der Waals surface area contributed by atoms with Crippen molar-refractivity contribution < 1.29 is 0 Å². The largest absolute Gasteiger partial charge is 0.283 e. The van der Waals surface area contributed by atoms with E-state index in [0.29, 0.717) is 11.9 Å². The Labute approximate surface area is 117 Å². The van der Waals surface area contributed by atoms with Crippen molar-refractivity contribution in [3.05, 3.63) is 44.8 Å². The standard InChI is InChI=1S/C12H11IN2OS/c1-3-6-15-11(16)9-7-8(13)4-5-10(9)14-12(15)17-2/h3-5,7H,1,6H2,2H3. The minimum atomic E-state index is -0.00207. The topological polar surface area (TPSA) is 34.9 Å². The van der Waals surface area contributed by atoms with Gasteiger partial charge in [-0.1, -0.05) is 17.8 Å². The van der Waals surface area contributed by atoms with E-state index in [1.165, 1.54) is 11.8 Å². The Balaban J connectivity index is 2.83. The summed E-state index contributed by atoms with van der Waals surface area (Å²) in [5, 5.41) is 1.39. The van der Waals surface area contributed by atoms with E-state index < -0.39 is 0 Å². The molecule has 0 spiro atoms. The first kappa shape index (κ1) is 12.6. The van der Waals surface area contributed by atoms with Gasteiger partial charge in [-0.05, 0) is 47.0 Å². The van der Waals surface area contributed by atoms with E-state index in [0.717, 1.165) is 14.2 Å². The molecule has 1 aromatic carbocycles. The van der Waals surface area contributed by atoms with Crippen LogP contribution in [0.3, 0.4) is 0 Å². The van der Waals surface area contributed by atoms with Crippen LogP contribution in [0.15, 0.2) is 40.8 Å². The first-order chi connectivity index (χ1) is 8.17. The van der Waals surface area contributed by atoms with Crippen molar-refractivity contribution in [2.24, 2.45) is 0 Å². The molecule has 0 bridgehead atoms. The zero-order valence-corrected chi connectivity index (χ0v) is 12.3. The normalized spacial score (nSPS) is 10.7. The molecule has 0 fully saturated rings. The van der Waals surface area contributed by atoms with Crippen molar-refractivity contribution in [1.29, 1.82) is 0 Å². The summed E-state index contributed by atoms with van der Waals surface area (Å²) in [5.74, 6) is 0. The van der Waals surface area contributed by atoms with Gasteiger partial charge in [0.1, 0.15) is 0 Å². The number of halogens is 1. The van der Waals surface area contributed by atoms with Gasteiger partial charge in [0, 0.05) is 10.1 Å². The zero-order valence-electron chi connectivity index (χ0n) is 9.31. The summed E-state index contributed by atoms with van der Waals surface area (Å²) in [6.07, 6.45) is 3.63. The van der Waals surface area contributed by atoms with Gasteiger partial charge in [0.15, 0.2) is 5.16 Å². The highest BCUT2D eigenvalue weighted by Gasteiger charge is 2.09. The molecule has 2 aromatic rings. The van der Waals surface area contributed by atoms with Gasteiger partial charge in [-0.2, -0.15) is 0 Å². The summed E-state index contributed by atoms with van der Waals surface area (Å²) in [5.41, 5.74) is 0.748. The van der Waals surface area contributed by atoms with Crippen molar-refractivity contribution in [2.45, 2.75) is 11.7 Å². The second kappa shape index (κ2) is 5.22. The maximum absolute atomic E-state index is 12.3. The first-order valence-corrected chi connectivity index (χ1v) is 7.32. The zero-order chi connectivity index (χ0) is 12.4. The van der Waals surface area contributed by atoms with Gasteiger partial charge in [0.05, 0.1) is 10.9 Å². The third-order valence-corrected chi connectivity index (χ3v) is 3.72. The molecule has 0 N–H and O–H groups in total. The predicted molar refractivity (Wildman–Crippen MR) is 80.7 cm³/mol. The molecule has 17 heavy (non-hydrogen) atoms. The van der Waals surface area contributed by atoms with Gasteiger partial charge in [0.2, 0.25) is 0 Å². The number of allylic oxidation sites excluding steroid dienone is 1. The second-order valence-electron chi connectivity index (χ2n) is 3.46. The van der Waals surface area contributed by atoms with E-state index in [4.69, 9.17) is 0 Å². The average Bonchev–Trinajstić information content (AvgIpc) is 2.33. The van der Waals surface area contributed by atoms with Crippen LogP contribution in [0.25, 0.3) is 10.9 Å². The molecule has 3 nitrogen and oxygen atoms in total. The number of hydrogen-bond acceptors (Lipinski definition) is 3. The molecule has 0 saturated carbocycles. The molecule has 0 atom stereocenters. The van der Waals surface area contributed by atoms with E-state index in [1.807, 2.05) is 24.5 Å². The number of hydrogen-bond donors (Lipinski definition) is 0. The van der Waals surface area contributed by atoms with E-state index in [-0.39, 0.29) is 5.56 Å². The molecular formula is C12H11IN2OS. The summed E-state index contributed by atoms with van der Waals surface area (Å²) in [6.45, 7) is 4.16. The summed E-state index contributed by atoms with van der Waals surface area (Å²) in [7, 11) is 0. The van der Waals surface area contributed by atoms with Crippen LogP contribution in [0.5, 0.6) is 0 Å². The van der Waals surface area contributed by atoms with Crippen molar-refractivity contribution in [3.63, 3.8) is 0 Å². The van der Waals surface area contributed by atoms with Gasteiger partial charge in [-0.3, -0.25) is 9.36 Å². The first-order valence-electron chi connectivity index (χ1n) is 5.02. The fourth-order valence-electron chi connectivity index (χ4n) is 1.62. The predicted octanol–water partition coefficient (Wildman–Crippen LogP) is 2.91. The Morgan fingerprint density at radius 2 is 2.35 bits per heavy atom. The molecule has 1 aromatic heterocycles. The summed E-state index contributed by atoms with van der Waals surface area (Å²) in [4.78, 5) is 16.8. The van der Waals surface area contributed by atoms with E-state index in [2.05, 4.69) is 34.2 Å². The quantitative estimate of drug-likeness (QED) is 0.366. The lowest BCUT2D eigenvalue weighted by Crippen LogP contribution is -2.22. The third kappa shape index (κ3) is 2.40. The van der Waals surface area contributed by atoms with Crippen molar-refractivity contribution in [3.8, 4) is 0 Å². The van der Waals surface area contributed by atoms with Crippen LogP contribution in [0.1, 0.15) is 0 Å². The molecule has 0 aliphatic rings. The van der Waals surface area contributed by atoms with Crippen molar-refractivity contribution >= 4 is 45.3 Å². The molecule has 0 unspecified atom stereocenters. The van der Waals surface area contributed by atoms with Gasteiger partial charge in [0.25, 0.3) is 5.56 Å². The molecule has 0 aliphatic carbocycles. The van der Waals surface area contributed by atoms with Gasteiger partial charge >= 0.3 is 0 Å². The molecule has 0 amide bonds.